The Hall–Kier alpha value is -2.41. The lowest BCUT2D eigenvalue weighted by atomic mass is 10.1. The number of benzene rings is 2. The molecule has 0 saturated carbocycles. The van der Waals surface area contributed by atoms with Gasteiger partial charge in [0, 0.05) is 5.69 Å². The summed E-state index contributed by atoms with van der Waals surface area (Å²) in [6, 6.07) is 7.95. The molecule has 0 spiro atoms. The normalized spacial score (nSPS) is 12.4. The van der Waals surface area contributed by atoms with Crippen molar-refractivity contribution in [2.24, 2.45) is 0 Å². The van der Waals surface area contributed by atoms with Crippen LogP contribution >= 0.6 is 11.6 Å². The van der Waals surface area contributed by atoms with Gasteiger partial charge in [-0.15, -0.1) is 0 Å². The number of amides is 2. The van der Waals surface area contributed by atoms with Gasteiger partial charge in [-0.1, -0.05) is 29.8 Å². The van der Waals surface area contributed by atoms with Crippen LogP contribution in [-0.2, 0) is 6.18 Å². The van der Waals surface area contributed by atoms with Crippen LogP contribution in [0.1, 0.15) is 23.6 Å². The highest BCUT2D eigenvalue weighted by Crippen LogP contribution is 2.36. The first-order valence-corrected chi connectivity index (χ1v) is 8.59. The van der Waals surface area contributed by atoms with Crippen molar-refractivity contribution in [1.82, 2.24) is 5.32 Å². The van der Waals surface area contributed by atoms with Gasteiger partial charge in [-0.3, -0.25) is 0 Å². The first-order chi connectivity index (χ1) is 12.6. The molecule has 2 N–H and O–H groups in total. The number of hydrogen-bond donors (Lipinski definition) is 2. The SMILES string of the molecule is Cc1cccc(C)c1OCC(C)NC(=O)Nc1ccc(Cl)c(C(F)(F)F)c1. The van der Waals surface area contributed by atoms with Crippen molar-refractivity contribution in [2.75, 3.05) is 11.9 Å². The number of carbonyl (C=O) groups excluding carboxylic acids is 1. The van der Waals surface area contributed by atoms with Crippen molar-refractivity contribution >= 4 is 23.3 Å². The van der Waals surface area contributed by atoms with Crippen LogP contribution in [0.3, 0.4) is 0 Å². The molecule has 0 radical (unpaired) electrons. The van der Waals surface area contributed by atoms with Crippen LogP contribution in [0, 0.1) is 13.8 Å². The fourth-order valence-electron chi connectivity index (χ4n) is 2.49. The maximum atomic E-state index is 12.9. The first-order valence-electron chi connectivity index (χ1n) is 8.21. The second-order valence-electron chi connectivity index (χ2n) is 6.22. The number of rotatable bonds is 5. The number of alkyl halides is 3. The van der Waals surface area contributed by atoms with E-state index < -0.39 is 22.8 Å². The zero-order chi connectivity index (χ0) is 20.2. The Labute approximate surface area is 160 Å². The van der Waals surface area contributed by atoms with E-state index in [1.54, 1.807) is 6.92 Å². The molecule has 1 atom stereocenters. The number of ether oxygens (including phenoxy) is 1. The number of nitrogens with one attached hydrogen (secondary N) is 2. The van der Waals surface area contributed by atoms with E-state index in [4.69, 9.17) is 16.3 Å². The highest BCUT2D eigenvalue weighted by molar-refractivity contribution is 6.31. The lowest BCUT2D eigenvalue weighted by Crippen LogP contribution is -2.39. The summed E-state index contributed by atoms with van der Waals surface area (Å²) >= 11 is 5.56. The first kappa shape index (κ1) is 20.9. The van der Waals surface area contributed by atoms with Crippen molar-refractivity contribution < 1.29 is 22.7 Å². The Morgan fingerprint density at radius 3 is 2.41 bits per heavy atom. The average molecular weight is 401 g/mol. The third-order valence-corrected chi connectivity index (χ3v) is 4.12. The summed E-state index contributed by atoms with van der Waals surface area (Å²) in [5, 5.41) is 4.56. The third kappa shape index (κ3) is 5.79. The van der Waals surface area contributed by atoms with E-state index in [1.165, 1.54) is 6.07 Å². The predicted molar refractivity (Wildman–Crippen MR) is 99.5 cm³/mol. The van der Waals surface area contributed by atoms with E-state index in [-0.39, 0.29) is 18.3 Å². The minimum atomic E-state index is -4.60. The van der Waals surface area contributed by atoms with E-state index in [9.17, 15) is 18.0 Å². The summed E-state index contributed by atoms with van der Waals surface area (Å²) in [7, 11) is 0. The molecule has 2 aromatic rings. The number of urea groups is 1. The molecule has 0 bridgehead atoms. The molecule has 1 unspecified atom stereocenters. The van der Waals surface area contributed by atoms with Crippen LogP contribution in [0.5, 0.6) is 5.75 Å². The van der Waals surface area contributed by atoms with Gasteiger partial charge < -0.3 is 15.4 Å². The standard InChI is InChI=1S/C19H20ClF3N2O2/c1-11-5-4-6-12(2)17(11)27-10-13(3)24-18(26)25-14-7-8-16(20)15(9-14)19(21,22)23/h4-9,13H,10H2,1-3H3,(H2,24,25,26). The summed E-state index contributed by atoms with van der Waals surface area (Å²) in [5.74, 6) is 0.749. The highest BCUT2D eigenvalue weighted by atomic mass is 35.5. The average Bonchev–Trinajstić information content (AvgIpc) is 2.55. The van der Waals surface area contributed by atoms with Gasteiger partial charge in [-0.25, -0.2) is 4.79 Å². The number of anilines is 1. The molecule has 0 heterocycles. The molecule has 2 rings (SSSR count). The smallest absolute Gasteiger partial charge is 0.417 e. The second kappa shape index (κ2) is 8.52. The Bertz CT molecular complexity index is 805. The predicted octanol–water partition coefficient (Wildman–Crippen LogP) is 5.56. The fraction of sp³-hybridized carbons (Fsp3) is 0.316. The highest BCUT2D eigenvalue weighted by Gasteiger charge is 2.33. The molecule has 0 aromatic heterocycles. The zero-order valence-corrected chi connectivity index (χ0v) is 15.8. The lowest BCUT2D eigenvalue weighted by Gasteiger charge is -2.18. The van der Waals surface area contributed by atoms with E-state index in [0.29, 0.717) is 0 Å². The number of para-hydroxylation sites is 1. The van der Waals surface area contributed by atoms with Crippen molar-refractivity contribution in [2.45, 2.75) is 33.0 Å². The lowest BCUT2D eigenvalue weighted by molar-refractivity contribution is -0.137. The fourth-order valence-corrected chi connectivity index (χ4v) is 2.71. The molecule has 0 aliphatic carbocycles. The van der Waals surface area contributed by atoms with Crippen LogP contribution in [0.4, 0.5) is 23.7 Å². The molecule has 4 nitrogen and oxygen atoms in total. The van der Waals surface area contributed by atoms with Crippen LogP contribution in [0.25, 0.3) is 0 Å². The van der Waals surface area contributed by atoms with Gasteiger partial charge in [-0.05, 0) is 50.1 Å². The van der Waals surface area contributed by atoms with Gasteiger partial charge >= 0.3 is 12.2 Å². The Balaban J connectivity index is 1.94. The minimum Gasteiger partial charge on any atom is -0.491 e. The Morgan fingerprint density at radius 2 is 1.81 bits per heavy atom. The molecule has 2 amide bonds. The summed E-state index contributed by atoms with van der Waals surface area (Å²) in [6.07, 6.45) is -4.60. The maximum absolute atomic E-state index is 12.9. The molecule has 8 heteroatoms. The molecular formula is C19H20ClF3N2O2. The van der Waals surface area contributed by atoms with Crippen LogP contribution in [0.15, 0.2) is 36.4 Å². The topological polar surface area (TPSA) is 50.4 Å². The largest absolute Gasteiger partial charge is 0.491 e. The van der Waals surface area contributed by atoms with E-state index in [0.717, 1.165) is 29.0 Å². The van der Waals surface area contributed by atoms with E-state index >= 15 is 0 Å². The Morgan fingerprint density at radius 1 is 1.19 bits per heavy atom. The van der Waals surface area contributed by atoms with Crippen molar-refractivity contribution in [1.29, 1.82) is 0 Å². The van der Waals surface area contributed by atoms with Gasteiger partial charge in [0.15, 0.2) is 0 Å². The maximum Gasteiger partial charge on any atom is 0.417 e. The summed E-state index contributed by atoms with van der Waals surface area (Å²) in [4.78, 5) is 12.0. The number of hydrogen-bond acceptors (Lipinski definition) is 2. The summed E-state index contributed by atoms with van der Waals surface area (Å²) in [5.41, 5.74) is 0.945. The molecular weight excluding hydrogens is 381 g/mol. The van der Waals surface area contributed by atoms with Gasteiger partial charge in [-0.2, -0.15) is 13.2 Å². The monoisotopic (exact) mass is 400 g/mol. The Kier molecular flexibility index (Phi) is 6.59. The molecule has 0 saturated heterocycles. The van der Waals surface area contributed by atoms with Gasteiger partial charge in [0.2, 0.25) is 0 Å². The van der Waals surface area contributed by atoms with E-state index in [2.05, 4.69) is 10.6 Å². The van der Waals surface area contributed by atoms with Crippen molar-refractivity contribution in [3.63, 3.8) is 0 Å². The van der Waals surface area contributed by atoms with Gasteiger partial charge in [0.25, 0.3) is 0 Å². The third-order valence-electron chi connectivity index (χ3n) is 3.79. The number of halogens is 4. The van der Waals surface area contributed by atoms with Crippen molar-refractivity contribution in [3.05, 3.63) is 58.1 Å². The molecule has 27 heavy (non-hydrogen) atoms. The molecule has 146 valence electrons. The van der Waals surface area contributed by atoms with E-state index in [1.807, 2.05) is 32.0 Å². The summed E-state index contributed by atoms with van der Waals surface area (Å²) in [6.45, 7) is 5.79. The van der Waals surface area contributed by atoms with Gasteiger partial charge in [0.1, 0.15) is 12.4 Å². The van der Waals surface area contributed by atoms with Crippen LogP contribution < -0.4 is 15.4 Å². The summed E-state index contributed by atoms with van der Waals surface area (Å²) < 4.78 is 44.4. The molecule has 0 fully saturated rings. The second-order valence-corrected chi connectivity index (χ2v) is 6.63. The zero-order valence-electron chi connectivity index (χ0n) is 15.1. The quantitative estimate of drug-likeness (QED) is 0.689. The number of aryl methyl sites for hydroxylation is 2. The van der Waals surface area contributed by atoms with Crippen LogP contribution in [0.2, 0.25) is 5.02 Å². The molecule has 0 aliphatic heterocycles. The molecule has 2 aromatic carbocycles. The minimum absolute atomic E-state index is 0.00732. The van der Waals surface area contributed by atoms with Crippen LogP contribution in [-0.4, -0.2) is 18.7 Å². The molecule has 0 aliphatic rings. The number of carbonyl (C=O) groups is 1. The van der Waals surface area contributed by atoms with Gasteiger partial charge in [0.05, 0.1) is 16.6 Å². The van der Waals surface area contributed by atoms with Crippen molar-refractivity contribution in [3.8, 4) is 5.75 Å².